The molecule has 0 spiro atoms. The number of ketones is 2. The van der Waals surface area contributed by atoms with Gasteiger partial charge in [-0.05, 0) is 24.1 Å². The van der Waals surface area contributed by atoms with Crippen LogP contribution in [-0.4, -0.2) is 24.6 Å². The van der Waals surface area contributed by atoms with Gasteiger partial charge in [0.25, 0.3) is 0 Å². The highest BCUT2D eigenvalue weighted by Gasteiger charge is 2.44. The predicted octanol–water partition coefficient (Wildman–Crippen LogP) is 4.23. The van der Waals surface area contributed by atoms with Crippen molar-refractivity contribution in [1.82, 2.24) is 0 Å². The van der Waals surface area contributed by atoms with E-state index in [4.69, 9.17) is 9.47 Å². The van der Waals surface area contributed by atoms with Crippen LogP contribution < -0.4 is 4.74 Å². The molecule has 5 nitrogen and oxygen atoms in total. The number of Topliss-reactive ketones (excluding diaryl/α,β-unsaturated/α-hetero) is 2. The molecule has 0 N–H and O–H groups in total. The number of esters is 1. The van der Waals surface area contributed by atoms with E-state index in [1.165, 1.54) is 0 Å². The number of benzene rings is 2. The molecule has 2 aromatic carbocycles. The Bertz CT molecular complexity index is 972. The molecule has 0 fully saturated rings. The molecular weight excluding hydrogens is 368 g/mol. The predicted molar refractivity (Wildman–Crippen MR) is 107 cm³/mol. The third-order valence-corrected chi connectivity index (χ3v) is 5.62. The Morgan fingerprint density at radius 2 is 1.76 bits per heavy atom. The summed E-state index contributed by atoms with van der Waals surface area (Å²) < 4.78 is 10.8. The third-order valence-electron chi connectivity index (χ3n) is 5.62. The van der Waals surface area contributed by atoms with Crippen LogP contribution in [0.25, 0.3) is 0 Å². The molecule has 2 aromatic rings. The third kappa shape index (κ3) is 3.73. The Hall–Kier alpha value is -3.21. The van der Waals surface area contributed by atoms with Crippen molar-refractivity contribution in [2.24, 2.45) is 5.92 Å². The number of allylic oxidation sites excluding steroid dienone is 2. The molecule has 1 aliphatic heterocycles. The van der Waals surface area contributed by atoms with Gasteiger partial charge in [0, 0.05) is 36.3 Å². The summed E-state index contributed by atoms with van der Waals surface area (Å²) in [7, 11) is 1.58. The van der Waals surface area contributed by atoms with Crippen molar-refractivity contribution < 1.29 is 23.9 Å². The molecule has 0 amide bonds. The second-order valence-corrected chi connectivity index (χ2v) is 7.39. The van der Waals surface area contributed by atoms with Gasteiger partial charge < -0.3 is 9.47 Å². The Balaban J connectivity index is 1.75. The van der Waals surface area contributed by atoms with Crippen LogP contribution in [0, 0.1) is 5.92 Å². The van der Waals surface area contributed by atoms with Gasteiger partial charge in [-0.2, -0.15) is 0 Å². The summed E-state index contributed by atoms with van der Waals surface area (Å²) in [5.41, 5.74) is 1.91. The minimum absolute atomic E-state index is 0.00303. The van der Waals surface area contributed by atoms with Crippen molar-refractivity contribution in [3.63, 3.8) is 0 Å². The topological polar surface area (TPSA) is 69.7 Å². The van der Waals surface area contributed by atoms with Crippen molar-refractivity contribution in [3.8, 4) is 5.75 Å². The van der Waals surface area contributed by atoms with Crippen LogP contribution in [-0.2, 0) is 14.3 Å². The SMILES string of the molecule is COc1ccc(C2C3=C(CCCC3=O)OC(=O)[C@@H]2CC(=O)c2ccccc2)cc1. The maximum Gasteiger partial charge on any atom is 0.315 e. The molecular formula is C24H22O5. The first-order chi connectivity index (χ1) is 14.1. The zero-order valence-electron chi connectivity index (χ0n) is 16.2. The van der Waals surface area contributed by atoms with E-state index in [9.17, 15) is 14.4 Å². The molecule has 4 rings (SSSR count). The van der Waals surface area contributed by atoms with Gasteiger partial charge in [0.05, 0.1) is 13.0 Å². The van der Waals surface area contributed by atoms with Crippen LogP contribution >= 0.6 is 0 Å². The van der Waals surface area contributed by atoms with E-state index in [0.29, 0.717) is 41.9 Å². The minimum atomic E-state index is -0.739. The van der Waals surface area contributed by atoms with E-state index in [-0.39, 0.29) is 18.0 Å². The Morgan fingerprint density at radius 1 is 1.03 bits per heavy atom. The monoisotopic (exact) mass is 390 g/mol. The van der Waals surface area contributed by atoms with E-state index in [2.05, 4.69) is 0 Å². The van der Waals surface area contributed by atoms with Crippen LogP contribution in [0.1, 0.15) is 47.5 Å². The first-order valence-corrected chi connectivity index (χ1v) is 9.78. The smallest absolute Gasteiger partial charge is 0.315 e. The van der Waals surface area contributed by atoms with Gasteiger partial charge in [-0.3, -0.25) is 14.4 Å². The van der Waals surface area contributed by atoms with Gasteiger partial charge in [-0.1, -0.05) is 42.5 Å². The number of hydrogen-bond donors (Lipinski definition) is 0. The lowest BCUT2D eigenvalue weighted by atomic mass is 9.72. The molecule has 1 aliphatic carbocycles. The van der Waals surface area contributed by atoms with Gasteiger partial charge in [0.2, 0.25) is 0 Å². The summed E-state index contributed by atoms with van der Waals surface area (Å²) in [5, 5.41) is 0. The lowest BCUT2D eigenvalue weighted by molar-refractivity contribution is -0.147. The lowest BCUT2D eigenvalue weighted by Gasteiger charge is -2.35. The molecule has 0 saturated carbocycles. The zero-order chi connectivity index (χ0) is 20.4. The van der Waals surface area contributed by atoms with Gasteiger partial charge in [-0.15, -0.1) is 0 Å². The molecule has 2 atom stereocenters. The number of carbonyl (C=O) groups is 3. The van der Waals surface area contributed by atoms with Crippen LogP contribution in [0.4, 0.5) is 0 Å². The second-order valence-electron chi connectivity index (χ2n) is 7.39. The molecule has 2 aliphatic rings. The van der Waals surface area contributed by atoms with Crippen LogP contribution in [0.3, 0.4) is 0 Å². The molecule has 0 radical (unpaired) electrons. The quantitative estimate of drug-likeness (QED) is 0.564. The molecule has 148 valence electrons. The van der Waals surface area contributed by atoms with Crippen molar-refractivity contribution >= 4 is 17.5 Å². The van der Waals surface area contributed by atoms with Gasteiger partial charge in [0.15, 0.2) is 11.6 Å². The van der Waals surface area contributed by atoms with E-state index >= 15 is 0 Å². The highest BCUT2D eigenvalue weighted by atomic mass is 16.5. The number of carbonyl (C=O) groups excluding carboxylic acids is 3. The Morgan fingerprint density at radius 3 is 2.45 bits per heavy atom. The number of ether oxygens (including phenoxy) is 2. The molecule has 5 heteroatoms. The Kier molecular flexibility index (Phi) is 5.30. The van der Waals surface area contributed by atoms with Crippen molar-refractivity contribution in [3.05, 3.63) is 77.1 Å². The van der Waals surface area contributed by atoms with Gasteiger partial charge in [0.1, 0.15) is 11.5 Å². The van der Waals surface area contributed by atoms with E-state index < -0.39 is 17.8 Å². The van der Waals surface area contributed by atoms with Gasteiger partial charge in [-0.25, -0.2) is 0 Å². The minimum Gasteiger partial charge on any atom is -0.497 e. The van der Waals surface area contributed by atoms with Gasteiger partial charge >= 0.3 is 5.97 Å². The summed E-state index contributed by atoms with van der Waals surface area (Å²) in [4.78, 5) is 38.5. The molecule has 0 bridgehead atoms. The molecule has 1 unspecified atom stereocenters. The summed E-state index contributed by atoms with van der Waals surface area (Å²) in [6, 6.07) is 16.2. The fourth-order valence-corrected chi connectivity index (χ4v) is 4.17. The molecule has 0 aromatic heterocycles. The van der Waals surface area contributed by atoms with E-state index in [1.54, 1.807) is 43.5 Å². The summed E-state index contributed by atoms with van der Waals surface area (Å²) in [6.45, 7) is 0. The second kappa shape index (κ2) is 8.03. The average molecular weight is 390 g/mol. The molecule has 1 heterocycles. The highest BCUT2D eigenvalue weighted by Crippen LogP contribution is 2.45. The first-order valence-electron chi connectivity index (χ1n) is 9.78. The van der Waals surface area contributed by atoms with Crippen molar-refractivity contribution in [1.29, 1.82) is 0 Å². The van der Waals surface area contributed by atoms with Crippen molar-refractivity contribution in [2.75, 3.05) is 7.11 Å². The van der Waals surface area contributed by atoms with Crippen LogP contribution in [0.2, 0.25) is 0 Å². The average Bonchev–Trinajstić information content (AvgIpc) is 2.75. The summed E-state index contributed by atoms with van der Waals surface area (Å²) in [6.07, 6.45) is 1.67. The van der Waals surface area contributed by atoms with E-state index in [0.717, 1.165) is 5.56 Å². The lowest BCUT2D eigenvalue weighted by Crippen LogP contribution is -2.36. The maximum atomic E-state index is 12.9. The first kappa shape index (κ1) is 19.1. The molecule has 0 saturated heterocycles. The normalized spacial score (nSPS) is 21.4. The fraction of sp³-hybridized carbons (Fsp3) is 0.292. The number of hydrogen-bond acceptors (Lipinski definition) is 5. The van der Waals surface area contributed by atoms with E-state index in [1.807, 2.05) is 18.2 Å². The summed E-state index contributed by atoms with van der Waals surface area (Å²) in [5.74, 6) is -0.656. The number of rotatable bonds is 5. The standard InChI is InChI=1S/C24H22O5/c1-28-17-12-10-16(11-13-17)22-18(14-20(26)15-6-3-2-4-7-15)24(27)29-21-9-5-8-19(25)23(21)22/h2-4,6-7,10-13,18,22H,5,8-9,14H2,1H3/t18-,22?/m1/s1. The summed E-state index contributed by atoms with van der Waals surface area (Å²) >= 11 is 0. The van der Waals surface area contributed by atoms with Crippen LogP contribution in [0.15, 0.2) is 65.9 Å². The molecule has 29 heavy (non-hydrogen) atoms. The fourth-order valence-electron chi connectivity index (χ4n) is 4.17. The zero-order valence-corrected chi connectivity index (χ0v) is 16.2. The largest absolute Gasteiger partial charge is 0.497 e. The van der Waals surface area contributed by atoms with Crippen molar-refractivity contribution in [2.45, 2.75) is 31.6 Å². The highest BCUT2D eigenvalue weighted by molar-refractivity contribution is 6.03. The maximum absolute atomic E-state index is 12.9. The number of methoxy groups -OCH3 is 1. The Labute approximate surface area is 169 Å². The van der Waals surface area contributed by atoms with Crippen LogP contribution in [0.5, 0.6) is 5.75 Å².